The summed E-state index contributed by atoms with van der Waals surface area (Å²) in [5.74, 6) is -2.70. The second-order valence-corrected chi connectivity index (χ2v) is 7.54. The van der Waals surface area contributed by atoms with Gasteiger partial charge in [0, 0.05) is 17.2 Å². The number of quaternary nitrogens is 1. The number of halogens is 3. The van der Waals surface area contributed by atoms with E-state index in [0.29, 0.717) is 6.07 Å². The Labute approximate surface area is 171 Å². The van der Waals surface area contributed by atoms with Gasteiger partial charge in [-0.3, -0.25) is 4.79 Å². The molecule has 0 saturated heterocycles. The van der Waals surface area contributed by atoms with Crippen LogP contribution in [0.5, 0.6) is 0 Å². The predicted molar refractivity (Wildman–Crippen MR) is 101 cm³/mol. The average molecular weight is 420 g/mol. The molecule has 0 spiro atoms. The number of hydrogen-bond acceptors (Lipinski definition) is 4. The number of aliphatic hydroxyl groups is 1. The summed E-state index contributed by atoms with van der Waals surface area (Å²) in [6.45, 7) is -0.383. The van der Waals surface area contributed by atoms with E-state index in [2.05, 4.69) is 15.5 Å². The topological polar surface area (TPSA) is 80.0 Å². The van der Waals surface area contributed by atoms with Crippen molar-refractivity contribution in [2.24, 2.45) is 0 Å². The first-order valence-electron chi connectivity index (χ1n) is 8.99. The van der Waals surface area contributed by atoms with Gasteiger partial charge in [-0.1, -0.05) is 0 Å². The third-order valence-electron chi connectivity index (χ3n) is 4.49. The van der Waals surface area contributed by atoms with Crippen molar-refractivity contribution in [1.29, 1.82) is 0 Å². The molecule has 10 heteroatoms. The molecule has 3 rings (SSSR count). The smallest absolute Gasteiger partial charge is 0.295 e. The van der Waals surface area contributed by atoms with Crippen molar-refractivity contribution in [1.82, 2.24) is 20.2 Å². The molecule has 0 bridgehead atoms. The second-order valence-electron chi connectivity index (χ2n) is 7.54. The van der Waals surface area contributed by atoms with Gasteiger partial charge in [0.05, 0.1) is 20.6 Å². The van der Waals surface area contributed by atoms with Crippen LogP contribution in [0.4, 0.5) is 13.2 Å². The van der Waals surface area contributed by atoms with E-state index in [-0.39, 0.29) is 28.8 Å². The Hall–Kier alpha value is -3.24. The minimum Gasteiger partial charge on any atom is -0.377 e. The normalized spacial score (nSPS) is 13.7. The van der Waals surface area contributed by atoms with Crippen LogP contribution in [-0.2, 0) is 12.1 Å². The van der Waals surface area contributed by atoms with Crippen molar-refractivity contribution in [2.45, 2.75) is 12.1 Å². The quantitative estimate of drug-likeness (QED) is 0.453. The number of amides is 1. The van der Waals surface area contributed by atoms with E-state index in [0.717, 1.165) is 24.3 Å². The SMILES string of the molecule is C[N+](C)(CC(O)(Cn1cncn1)c1ccc(F)cc1F)NC(=O)c1ccc(F)cc1. The molecular weight excluding hydrogens is 399 g/mol. The van der Waals surface area contributed by atoms with Gasteiger partial charge in [-0.05, 0) is 36.4 Å². The third-order valence-corrected chi connectivity index (χ3v) is 4.49. The Bertz CT molecular complexity index is 1030. The highest BCUT2D eigenvalue weighted by Gasteiger charge is 2.41. The summed E-state index contributed by atoms with van der Waals surface area (Å²) in [5.41, 5.74) is 0.899. The second kappa shape index (κ2) is 8.25. The summed E-state index contributed by atoms with van der Waals surface area (Å²) in [5, 5.41) is 15.4. The van der Waals surface area contributed by atoms with Crippen molar-refractivity contribution in [3.05, 3.63) is 83.7 Å². The van der Waals surface area contributed by atoms with Crippen molar-refractivity contribution in [3.8, 4) is 0 Å². The maximum atomic E-state index is 14.5. The fraction of sp³-hybridized carbons (Fsp3) is 0.250. The van der Waals surface area contributed by atoms with Crippen molar-refractivity contribution in [3.63, 3.8) is 0 Å². The number of rotatable bonds is 7. The molecule has 1 amide bonds. The number of benzene rings is 2. The molecule has 0 saturated carbocycles. The van der Waals surface area contributed by atoms with Gasteiger partial charge < -0.3 is 5.11 Å². The Morgan fingerprint density at radius 2 is 1.80 bits per heavy atom. The Kier molecular flexibility index (Phi) is 5.90. The molecule has 0 aliphatic carbocycles. The highest BCUT2D eigenvalue weighted by Crippen LogP contribution is 2.28. The van der Waals surface area contributed by atoms with E-state index >= 15 is 0 Å². The molecular formula is C20H21F3N5O2+. The van der Waals surface area contributed by atoms with Gasteiger partial charge in [0.2, 0.25) is 0 Å². The Morgan fingerprint density at radius 3 is 2.40 bits per heavy atom. The number of carbonyl (C=O) groups is 1. The number of nitrogens with zero attached hydrogens (tertiary/aromatic N) is 4. The van der Waals surface area contributed by atoms with E-state index in [9.17, 15) is 23.1 Å². The number of carbonyl (C=O) groups excluding carboxylic acids is 1. The summed E-state index contributed by atoms with van der Waals surface area (Å²) >= 11 is 0. The molecule has 1 unspecified atom stereocenters. The number of likely N-dealkylation sites (N-methyl/N-ethyl adjacent to an activating group) is 1. The number of nitrogens with one attached hydrogen (secondary N) is 1. The summed E-state index contributed by atoms with van der Waals surface area (Å²) in [6.07, 6.45) is 2.61. The van der Waals surface area contributed by atoms with Crippen LogP contribution in [0.25, 0.3) is 0 Å². The van der Waals surface area contributed by atoms with Crippen molar-refractivity contribution in [2.75, 3.05) is 20.6 Å². The van der Waals surface area contributed by atoms with Gasteiger partial charge in [-0.2, -0.15) is 10.5 Å². The van der Waals surface area contributed by atoms with Crippen LogP contribution in [0.3, 0.4) is 0 Å². The lowest BCUT2D eigenvalue weighted by molar-refractivity contribution is -0.931. The summed E-state index contributed by atoms with van der Waals surface area (Å²) < 4.78 is 42.1. The number of aromatic nitrogens is 3. The molecule has 30 heavy (non-hydrogen) atoms. The molecule has 1 heterocycles. The molecule has 7 nitrogen and oxygen atoms in total. The van der Waals surface area contributed by atoms with Crippen LogP contribution in [0, 0.1) is 17.5 Å². The molecule has 1 aromatic heterocycles. The van der Waals surface area contributed by atoms with E-state index in [1.807, 2.05) is 0 Å². The predicted octanol–water partition coefficient (Wildman–Crippen LogP) is 2.00. The monoisotopic (exact) mass is 420 g/mol. The van der Waals surface area contributed by atoms with Gasteiger partial charge in [-0.25, -0.2) is 27.4 Å². The van der Waals surface area contributed by atoms with Crippen LogP contribution in [-0.4, -0.2) is 51.0 Å². The van der Waals surface area contributed by atoms with Crippen LogP contribution in [0.1, 0.15) is 15.9 Å². The summed E-state index contributed by atoms with van der Waals surface area (Å²) in [7, 11) is 3.18. The summed E-state index contributed by atoms with van der Waals surface area (Å²) in [4.78, 5) is 16.4. The fourth-order valence-corrected chi connectivity index (χ4v) is 3.30. The maximum Gasteiger partial charge on any atom is 0.295 e. The zero-order chi connectivity index (χ0) is 21.9. The third kappa shape index (κ3) is 5.02. The van der Waals surface area contributed by atoms with Crippen molar-refractivity contribution < 1.29 is 27.7 Å². The average Bonchev–Trinajstić information content (AvgIpc) is 3.13. The van der Waals surface area contributed by atoms with E-state index in [1.165, 1.54) is 29.5 Å². The fourth-order valence-electron chi connectivity index (χ4n) is 3.30. The van der Waals surface area contributed by atoms with Crippen LogP contribution in [0.2, 0.25) is 0 Å². The van der Waals surface area contributed by atoms with Gasteiger partial charge in [-0.15, -0.1) is 0 Å². The lowest BCUT2D eigenvalue weighted by atomic mass is 9.92. The zero-order valence-electron chi connectivity index (χ0n) is 16.4. The van der Waals surface area contributed by atoms with Gasteiger partial charge in [0.25, 0.3) is 5.91 Å². The highest BCUT2D eigenvalue weighted by atomic mass is 19.1. The number of hydrogen-bond donors (Lipinski definition) is 2. The van der Waals surface area contributed by atoms with Gasteiger partial charge >= 0.3 is 0 Å². The van der Waals surface area contributed by atoms with E-state index in [4.69, 9.17) is 0 Å². The van der Waals surface area contributed by atoms with E-state index < -0.39 is 29.0 Å². The molecule has 0 aliphatic rings. The Balaban J connectivity index is 1.89. The molecule has 0 fully saturated rings. The van der Waals surface area contributed by atoms with Crippen LogP contribution in [0.15, 0.2) is 55.1 Å². The van der Waals surface area contributed by atoms with Crippen LogP contribution < -0.4 is 5.43 Å². The van der Waals surface area contributed by atoms with Crippen LogP contribution >= 0.6 is 0 Å². The maximum absolute atomic E-state index is 14.5. The van der Waals surface area contributed by atoms with Gasteiger partial charge in [0.1, 0.15) is 36.7 Å². The molecule has 0 radical (unpaired) electrons. The molecule has 1 atom stereocenters. The Morgan fingerprint density at radius 1 is 1.13 bits per heavy atom. The zero-order valence-corrected chi connectivity index (χ0v) is 16.4. The summed E-state index contributed by atoms with van der Waals surface area (Å²) in [6, 6.07) is 7.84. The minimum absolute atomic E-state index is 0.151. The molecule has 2 aromatic carbocycles. The molecule has 2 N–H and O–H groups in total. The largest absolute Gasteiger partial charge is 0.377 e. The first-order valence-corrected chi connectivity index (χ1v) is 8.99. The first kappa shape index (κ1) is 21.5. The van der Waals surface area contributed by atoms with Crippen molar-refractivity contribution >= 4 is 5.91 Å². The minimum atomic E-state index is -1.87. The molecule has 0 aliphatic heterocycles. The van der Waals surface area contributed by atoms with Gasteiger partial charge in [0.15, 0.2) is 5.60 Å². The standard InChI is InChI=1S/C20H20F3N5O2/c1-28(2,26-19(29)14-3-5-15(21)6-4-14)11-20(30,10-27-13-24-12-25-27)17-8-7-16(22)9-18(17)23/h3-9,12-13,30H,10-11H2,1-2H3/p+1. The lowest BCUT2D eigenvalue weighted by Gasteiger charge is -2.37. The first-order chi connectivity index (χ1) is 14.1. The molecule has 3 aromatic rings. The highest BCUT2D eigenvalue weighted by molar-refractivity contribution is 5.93. The lowest BCUT2D eigenvalue weighted by Crippen LogP contribution is -2.60. The van der Waals surface area contributed by atoms with E-state index in [1.54, 1.807) is 14.1 Å². The molecule has 158 valence electrons.